The number of carbonyl (C=O) groups is 1. The number of nitrogens with one attached hydrogen (secondary N) is 2. The number of anilines is 2. The lowest BCUT2D eigenvalue weighted by atomic mass is 9.77. The molecule has 0 bridgehead atoms. The van der Waals surface area contributed by atoms with Gasteiger partial charge in [0.05, 0.1) is 41.5 Å². The fraction of sp³-hybridized carbons (Fsp3) is 0.774. The third-order valence-electron chi connectivity index (χ3n) is 15.6. The number of aliphatic hydroxyl groups excluding tert-OH is 3. The molecule has 2 aromatic carbocycles. The van der Waals surface area contributed by atoms with Crippen LogP contribution < -0.4 is 15.5 Å². The molecule has 3 heterocycles. The van der Waals surface area contributed by atoms with E-state index in [0.717, 1.165) is 22.1 Å². The van der Waals surface area contributed by atoms with Gasteiger partial charge in [-0.1, -0.05) is 45.0 Å². The fourth-order valence-corrected chi connectivity index (χ4v) is 11.5. The van der Waals surface area contributed by atoms with Gasteiger partial charge in [-0.15, -0.1) is 0 Å². The molecule has 0 aliphatic carbocycles. The van der Waals surface area contributed by atoms with Crippen LogP contribution in [0, 0.1) is 17.8 Å². The van der Waals surface area contributed by atoms with E-state index in [2.05, 4.69) is 38.6 Å². The van der Waals surface area contributed by atoms with Gasteiger partial charge in [0.15, 0.2) is 17.7 Å². The summed E-state index contributed by atoms with van der Waals surface area (Å²) in [6.07, 6.45) is -8.25. The Kier molecular flexibility index (Phi) is 20.5. The van der Waals surface area contributed by atoms with Crippen molar-refractivity contribution in [2.24, 2.45) is 17.8 Å². The number of likely N-dealkylation sites (N-methyl/N-ethyl adjacent to an activating group) is 1. The van der Waals surface area contributed by atoms with E-state index >= 15 is 0 Å². The van der Waals surface area contributed by atoms with Crippen molar-refractivity contribution in [2.45, 2.75) is 192 Å². The molecule has 17 nitrogen and oxygen atoms in total. The number of aliphatic hydroxyl groups is 5. The molecule has 0 unspecified atom stereocenters. The Morgan fingerprint density at radius 1 is 0.915 bits per heavy atom. The van der Waals surface area contributed by atoms with Crippen LogP contribution in [0.4, 0.5) is 11.4 Å². The second-order valence-electron chi connectivity index (χ2n) is 22.0. The van der Waals surface area contributed by atoms with E-state index in [4.69, 9.17) is 40.6 Å². The zero-order chi connectivity index (χ0) is 52.9. The molecule has 0 radical (unpaired) electrons. The number of fused-ring (bicyclic) bond motifs is 1. The Bertz CT molecular complexity index is 2050. The SMILES string of the molecule is CC[C@H]1OC(=O)[C@H](C)[C@@H](O[C@H]2C[C@@](C)(OC)[C@@H](O)[C@H](C)O2)[C@H](C)[C@@H](O[C@@H]2O[C@H](C)C[C@H](N(C)C)[C@H]2O)[C@](C)(O)C[C@@H](C)CN(CCCNC(=S)Nc2ccc(N(C)C)c3ccccc23)[C@H](C)[C@@H](O)[C@]1(C)O. The molecule has 0 spiro atoms. The van der Waals surface area contributed by atoms with Gasteiger partial charge < -0.3 is 74.4 Å². The maximum Gasteiger partial charge on any atom is 0.311 e. The highest BCUT2D eigenvalue weighted by Crippen LogP contribution is 2.41. The number of nitrogens with zero attached hydrogens (tertiary/aromatic N) is 3. The third kappa shape index (κ3) is 13.9. The molecule has 3 fully saturated rings. The molecule has 7 N–H and O–H groups in total. The average Bonchev–Trinajstić information content (AvgIpc) is 3.30. The summed E-state index contributed by atoms with van der Waals surface area (Å²) in [5.41, 5.74) is -2.61. The van der Waals surface area contributed by atoms with Gasteiger partial charge in [0.1, 0.15) is 30.0 Å². The monoisotopic (exact) mass is 1020 g/mol. The summed E-state index contributed by atoms with van der Waals surface area (Å²) in [6, 6.07) is 11.3. The molecule has 18 atom stereocenters. The number of cyclic esters (lactones) is 1. The minimum Gasteiger partial charge on any atom is -0.459 e. The van der Waals surface area contributed by atoms with Crippen LogP contribution in [0.1, 0.15) is 101 Å². The molecule has 3 aliphatic heterocycles. The van der Waals surface area contributed by atoms with E-state index in [1.54, 1.807) is 34.6 Å². The van der Waals surface area contributed by atoms with E-state index in [1.165, 1.54) is 14.0 Å². The Labute approximate surface area is 428 Å². The van der Waals surface area contributed by atoms with Gasteiger partial charge in [0, 0.05) is 87.4 Å². The predicted octanol–water partition coefficient (Wildman–Crippen LogP) is 4.87. The van der Waals surface area contributed by atoms with E-state index < -0.39 is 96.0 Å². The topological polar surface area (TPSA) is 207 Å². The molecule has 18 heteroatoms. The smallest absolute Gasteiger partial charge is 0.311 e. The molecule has 0 aromatic heterocycles. The van der Waals surface area contributed by atoms with Crippen molar-refractivity contribution in [3.8, 4) is 0 Å². The number of ether oxygens (including phenoxy) is 6. The number of rotatable bonds is 13. The summed E-state index contributed by atoms with van der Waals surface area (Å²) in [7, 11) is 9.32. The maximum absolute atomic E-state index is 14.6. The molecule has 404 valence electrons. The number of methoxy groups -OCH3 is 1. The van der Waals surface area contributed by atoms with Gasteiger partial charge in [-0.2, -0.15) is 0 Å². The van der Waals surface area contributed by atoms with Crippen LogP contribution in [0.5, 0.6) is 0 Å². The first-order valence-electron chi connectivity index (χ1n) is 25.7. The van der Waals surface area contributed by atoms with Crippen LogP contribution in [0.15, 0.2) is 36.4 Å². The van der Waals surface area contributed by atoms with Crippen molar-refractivity contribution < 1.29 is 58.7 Å². The summed E-state index contributed by atoms with van der Waals surface area (Å²) < 4.78 is 38.3. The lowest BCUT2D eigenvalue weighted by molar-refractivity contribution is -0.318. The molecular weight excluding hydrogens is 931 g/mol. The first-order valence-corrected chi connectivity index (χ1v) is 26.1. The molecule has 3 aliphatic rings. The summed E-state index contributed by atoms with van der Waals surface area (Å²) in [6.45, 7) is 19.1. The largest absolute Gasteiger partial charge is 0.459 e. The lowest BCUT2D eigenvalue weighted by Crippen LogP contribution is -2.60. The molecule has 2 aromatic rings. The Balaban J connectivity index is 1.47. The molecule has 71 heavy (non-hydrogen) atoms. The summed E-state index contributed by atoms with van der Waals surface area (Å²) in [5.74, 6) is -2.81. The summed E-state index contributed by atoms with van der Waals surface area (Å²) >= 11 is 5.78. The average molecular weight is 1020 g/mol. The molecule has 5 rings (SSSR count). The number of benzene rings is 2. The maximum atomic E-state index is 14.6. The fourth-order valence-electron chi connectivity index (χ4n) is 11.3. The van der Waals surface area contributed by atoms with Crippen molar-refractivity contribution in [3.63, 3.8) is 0 Å². The van der Waals surface area contributed by atoms with Gasteiger partial charge in [0.2, 0.25) is 0 Å². The van der Waals surface area contributed by atoms with Crippen LogP contribution in [0.25, 0.3) is 10.8 Å². The zero-order valence-corrected chi connectivity index (χ0v) is 45.9. The molecule has 3 saturated heterocycles. The number of thiocarbonyl (C=S) groups is 1. The van der Waals surface area contributed by atoms with Gasteiger partial charge in [-0.3, -0.25) is 9.69 Å². The second kappa shape index (κ2) is 24.7. The van der Waals surface area contributed by atoms with Gasteiger partial charge in [-0.25, -0.2) is 0 Å². The zero-order valence-electron chi connectivity index (χ0n) is 45.1. The standard InChI is InChI=1S/C53H89N5O12S/c1-16-41-53(10,64)45(60)34(6)58(25-19-24-54-50(71)55-38-22-23-39(56(11)12)37-21-18-17-20-36(37)38)29-30(2)27-51(8,63)47(70-49-43(59)40(57(13)14)26-31(3)66-49)32(4)44(33(5)48(62)68-41)69-42-28-52(9,65-15)46(61)35(7)67-42/h17-18,20-23,30-35,40-47,49,59-61,63-64H,16,19,24-29H2,1-15H3,(H2,54,55,71)/t30-,31-,32+,33-,34-,35+,40+,41-,42+,43-,44+,45-,46+,47-,49+,51-,52-,53-/m1/s1. The van der Waals surface area contributed by atoms with Crippen LogP contribution in [0.3, 0.4) is 0 Å². The third-order valence-corrected chi connectivity index (χ3v) is 15.8. The van der Waals surface area contributed by atoms with Crippen LogP contribution in [-0.2, 0) is 33.2 Å². The van der Waals surface area contributed by atoms with E-state index in [9.17, 15) is 30.3 Å². The number of carbonyl (C=O) groups excluding carboxylic acids is 1. The van der Waals surface area contributed by atoms with Crippen molar-refractivity contribution in [2.75, 3.05) is 65.2 Å². The van der Waals surface area contributed by atoms with Gasteiger partial charge in [-0.05, 0) is 119 Å². The number of hydrogen-bond donors (Lipinski definition) is 7. The van der Waals surface area contributed by atoms with Crippen molar-refractivity contribution in [1.29, 1.82) is 0 Å². The normalized spacial score (nSPS) is 39.3. The van der Waals surface area contributed by atoms with Crippen LogP contribution in [-0.4, -0.2) is 192 Å². The molecule has 0 amide bonds. The van der Waals surface area contributed by atoms with E-state index in [1.807, 2.05) is 79.0 Å². The highest BCUT2D eigenvalue weighted by atomic mass is 32.1. The van der Waals surface area contributed by atoms with Gasteiger partial charge in [0.25, 0.3) is 0 Å². The lowest BCUT2D eigenvalue weighted by Gasteiger charge is -2.48. The molecular formula is C53H89N5O12S. The first-order chi connectivity index (χ1) is 33.2. The highest BCUT2D eigenvalue weighted by Gasteiger charge is 2.53. The quantitative estimate of drug-likeness (QED) is 0.0812. The number of esters is 1. The predicted molar refractivity (Wildman–Crippen MR) is 280 cm³/mol. The van der Waals surface area contributed by atoms with E-state index in [0.29, 0.717) is 37.6 Å². The Morgan fingerprint density at radius 2 is 1.58 bits per heavy atom. The van der Waals surface area contributed by atoms with Crippen molar-refractivity contribution in [1.82, 2.24) is 15.1 Å². The molecule has 0 saturated carbocycles. The van der Waals surface area contributed by atoms with Gasteiger partial charge >= 0.3 is 5.97 Å². The van der Waals surface area contributed by atoms with E-state index in [-0.39, 0.29) is 37.3 Å². The minimum absolute atomic E-state index is 0.109. The second-order valence-corrected chi connectivity index (χ2v) is 22.4. The summed E-state index contributed by atoms with van der Waals surface area (Å²) in [4.78, 5) is 20.7. The van der Waals surface area contributed by atoms with Crippen LogP contribution in [0.2, 0.25) is 0 Å². The minimum atomic E-state index is -1.90. The van der Waals surface area contributed by atoms with Crippen molar-refractivity contribution in [3.05, 3.63) is 36.4 Å². The van der Waals surface area contributed by atoms with Crippen LogP contribution >= 0.6 is 12.2 Å². The Morgan fingerprint density at radius 3 is 2.20 bits per heavy atom. The summed E-state index contributed by atoms with van der Waals surface area (Å²) in [5, 5.41) is 69.6. The van der Waals surface area contributed by atoms with Crippen molar-refractivity contribution >= 4 is 45.4 Å². The first kappa shape index (κ1) is 59.1. The Hall–Kier alpha value is -2.82. The highest BCUT2D eigenvalue weighted by molar-refractivity contribution is 7.80. The number of hydrogen-bond acceptors (Lipinski definition) is 16.